The number of hydrogen-bond acceptors (Lipinski definition) is 3. The zero-order chi connectivity index (χ0) is 14.4. The maximum atomic E-state index is 12.1. The van der Waals surface area contributed by atoms with E-state index in [1.54, 1.807) is 24.3 Å². The molecule has 1 aliphatic heterocycles. The van der Waals surface area contributed by atoms with Crippen LogP contribution in [0.1, 0.15) is 19.3 Å². The highest BCUT2D eigenvalue weighted by molar-refractivity contribution is 6.30. The zero-order valence-corrected chi connectivity index (χ0v) is 12.5. The Morgan fingerprint density at radius 2 is 2.10 bits per heavy atom. The number of carbonyl (C=O) groups excluding carboxylic acids is 1. The molecule has 0 aliphatic carbocycles. The second-order valence-electron chi connectivity index (χ2n) is 5.08. The van der Waals surface area contributed by atoms with Crippen molar-refractivity contribution in [3.05, 3.63) is 29.3 Å². The van der Waals surface area contributed by atoms with Gasteiger partial charge in [-0.25, -0.2) is 0 Å². The smallest absolute Gasteiger partial charge is 0.260 e. The van der Waals surface area contributed by atoms with E-state index in [2.05, 4.69) is 5.32 Å². The van der Waals surface area contributed by atoms with E-state index in [4.69, 9.17) is 16.3 Å². The Hall–Kier alpha value is -1.26. The molecule has 1 unspecified atom stereocenters. The van der Waals surface area contributed by atoms with Gasteiger partial charge < -0.3 is 15.0 Å². The summed E-state index contributed by atoms with van der Waals surface area (Å²) >= 11 is 5.81. The van der Waals surface area contributed by atoms with Gasteiger partial charge in [-0.1, -0.05) is 11.6 Å². The quantitative estimate of drug-likeness (QED) is 0.927. The molecule has 1 aliphatic rings. The van der Waals surface area contributed by atoms with Crippen LogP contribution in [-0.4, -0.2) is 43.6 Å². The number of ether oxygens (including phenoxy) is 1. The van der Waals surface area contributed by atoms with Crippen molar-refractivity contribution in [2.24, 2.45) is 0 Å². The molecule has 0 spiro atoms. The van der Waals surface area contributed by atoms with Gasteiger partial charge in [-0.2, -0.15) is 0 Å². The maximum absolute atomic E-state index is 12.1. The molecule has 1 fully saturated rings. The van der Waals surface area contributed by atoms with Crippen molar-refractivity contribution in [3.8, 4) is 5.75 Å². The summed E-state index contributed by atoms with van der Waals surface area (Å²) in [5.74, 6) is 0.686. The Labute approximate surface area is 125 Å². The Kier molecular flexibility index (Phi) is 5.68. The lowest BCUT2D eigenvalue weighted by molar-refractivity contribution is -0.134. The van der Waals surface area contributed by atoms with Crippen LogP contribution in [0.15, 0.2) is 24.3 Å². The summed E-state index contributed by atoms with van der Waals surface area (Å²) in [5.41, 5.74) is 0. The highest BCUT2D eigenvalue weighted by atomic mass is 35.5. The van der Waals surface area contributed by atoms with Gasteiger partial charge in [0.2, 0.25) is 0 Å². The van der Waals surface area contributed by atoms with Gasteiger partial charge in [0, 0.05) is 18.1 Å². The van der Waals surface area contributed by atoms with Crippen molar-refractivity contribution in [3.63, 3.8) is 0 Å². The molecule has 1 N–H and O–H groups in total. The van der Waals surface area contributed by atoms with Gasteiger partial charge in [-0.05, 0) is 56.6 Å². The van der Waals surface area contributed by atoms with Gasteiger partial charge in [0.25, 0.3) is 5.91 Å². The molecule has 1 atom stereocenters. The van der Waals surface area contributed by atoms with Crippen LogP contribution < -0.4 is 10.1 Å². The molecule has 2 rings (SSSR count). The SMILES string of the molecule is CN(C(=O)COc1ccc(Cl)cc1)C1CCCNCC1. The second kappa shape index (κ2) is 7.50. The van der Waals surface area contributed by atoms with Gasteiger partial charge in [0.05, 0.1) is 0 Å². The lowest BCUT2D eigenvalue weighted by atomic mass is 10.1. The molecule has 0 bridgehead atoms. The van der Waals surface area contributed by atoms with E-state index in [1.807, 2.05) is 11.9 Å². The van der Waals surface area contributed by atoms with Crippen LogP contribution >= 0.6 is 11.6 Å². The van der Waals surface area contributed by atoms with Crippen LogP contribution in [0.25, 0.3) is 0 Å². The van der Waals surface area contributed by atoms with Crippen LogP contribution in [0.3, 0.4) is 0 Å². The number of rotatable bonds is 4. The summed E-state index contributed by atoms with van der Waals surface area (Å²) in [6.45, 7) is 2.09. The van der Waals surface area contributed by atoms with Crippen LogP contribution in [0.4, 0.5) is 0 Å². The molecule has 110 valence electrons. The average molecular weight is 297 g/mol. The molecule has 4 nitrogen and oxygen atoms in total. The number of hydrogen-bond donors (Lipinski definition) is 1. The monoisotopic (exact) mass is 296 g/mol. The molecule has 5 heteroatoms. The lowest BCUT2D eigenvalue weighted by Crippen LogP contribution is -2.40. The Bertz CT molecular complexity index is 428. The predicted molar refractivity (Wildman–Crippen MR) is 80.2 cm³/mol. The summed E-state index contributed by atoms with van der Waals surface area (Å²) in [5, 5.41) is 4.01. The average Bonchev–Trinajstić information content (AvgIpc) is 2.74. The standard InChI is InChI=1S/C15H21ClN2O2/c1-18(13-3-2-9-17-10-8-13)15(19)11-20-14-6-4-12(16)5-7-14/h4-7,13,17H,2-3,8-11H2,1H3. The van der Waals surface area contributed by atoms with E-state index in [-0.39, 0.29) is 12.5 Å². The van der Waals surface area contributed by atoms with Crippen LogP contribution in [0.2, 0.25) is 5.02 Å². The first-order valence-electron chi connectivity index (χ1n) is 7.01. The minimum absolute atomic E-state index is 0.0202. The summed E-state index contributed by atoms with van der Waals surface area (Å²) in [6, 6.07) is 7.35. The number of amides is 1. The minimum Gasteiger partial charge on any atom is -0.484 e. The summed E-state index contributed by atoms with van der Waals surface area (Å²) < 4.78 is 5.50. The summed E-state index contributed by atoms with van der Waals surface area (Å²) in [6.07, 6.45) is 3.17. The first-order valence-corrected chi connectivity index (χ1v) is 7.39. The third kappa shape index (κ3) is 4.39. The largest absolute Gasteiger partial charge is 0.484 e. The van der Waals surface area contributed by atoms with Crippen molar-refractivity contribution < 1.29 is 9.53 Å². The van der Waals surface area contributed by atoms with E-state index < -0.39 is 0 Å². The molecule has 0 radical (unpaired) electrons. The Morgan fingerprint density at radius 1 is 1.35 bits per heavy atom. The van der Waals surface area contributed by atoms with Crippen LogP contribution in [-0.2, 0) is 4.79 Å². The topological polar surface area (TPSA) is 41.6 Å². The third-order valence-corrected chi connectivity index (χ3v) is 3.91. The highest BCUT2D eigenvalue weighted by Crippen LogP contribution is 2.16. The van der Waals surface area contributed by atoms with Gasteiger partial charge in [0.15, 0.2) is 6.61 Å². The van der Waals surface area contributed by atoms with E-state index in [0.29, 0.717) is 16.8 Å². The molecule has 0 saturated carbocycles. The fourth-order valence-electron chi connectivity index (χ4n) is 2.37. The predicted octanol–water partition coefficient (Wildman–Crippen LogP) is 2.32. The normalized spacial score (nSPS) is 19.2. The molecule has 1 aromatic carbocycles. The van der Waals surface area contributed by atoms with Gasteiger partial charge in [-0.15, -0.1) is 0 Å². The van der Waals surface area contributed by atoms with Crippen LogP contribution in [0.5, 0.6) is 5.75 Å². The van der Waals surface area contributed by atoms with E-state index in [0.717, 1.165) is 32.4 Å². The van der Waals surface area contributed by atoms with E-state index >= 15 is 0 Å². The summed E-state index contributed by atoms with van der Waals surface area (Å²) in [7, 11) is 1.86. The number of likely N-dealkylation sites (N-methyl/N-ethyl adjacent to an activating group) is 1. The van der Waals surface area contributed by atoms with E-state index in [1.165, 1.54) is 0 Å². The lowest BCUT2D eigenvalue weighted by Gasteiger charge is -2.27. The van der Waals surface area contributed by atoms with Crippen molar-refractivity contribution >= 4 is 17.5 Å². The number of nitrogens with one attached hydrogen (secondary N) is 1. The van der Waals surface area contributed by atoms with Gasteiger partial charge in [0.1, 0.15) is 5.75 Å². The molecular formula is C15H21ClN2O2. The van der Waals surface area contributed by atoms with E-state index in [9.17, 15) is 4.79 Å². The van der Waals surface area contributed by atoms with Crippen molar-refractivity contribution in [1.82, 2.24) is 10.2 Å². The first-order chi connectivity index (χ1) is 9.66. The van der Waals surface area contributed by atoms with Gasteiger partial charge >= 0.3 is 0 Å². The number of benzene rings is 1. The first kappa shape index (κ1) is 15.1. The molecular weight excluding hydrogens is 276 g/mol. The second-order valence-corrected chi connectivity index (χ2v) is 5.52. The Balaban J connectivity index is 1.82. The minimum atomic E-state index is 0.0202. The van der Waals surface area contributed by atoms with Gasteiger partial charge in [-0.3, -0.25) is 4.79 Å². The molecule has 1 aromatic rings. The third-order valence-electron chi connectivity index (χ3n) is 3.66. The fourth-order valence-corrected chi connectivity index (χ4v) is 2.50. The molecule has 1 saturated heterocycles. The van der Waals surface area contributed by atoms with Crippen molar-refractivity contribution in [2.45, 2.75) is 25.3 Å². The number of halogens is 1. The van der Waals surface area contributed by atoms with Crippen LogP contribution in [0, 0.1) is 0 Å². The highest BCUT2D eigenvalue weighted by Gasteiger charge is 2.21. The maximum Gasteiger partial charge on any atom is 0.260 e. The van der Waals surface area contributed by atoms with Crippen molar-refractivity contribution in [2.75, 3.05) is 26.7 Å². The molecule has 0 aromatic heterocycles. The Morgan fingerprint density at radius 3 is 2.85 bits per heavy atom. The number of carbonyl (C=O) groups is 1. The number of nitrogens with zero attached hydrogens (tertiary/aromatic N) is 1. The fraction of sp³-hybridized carbons (Fsp3) is 0.533. The zero-order valence-electron chi connectivity index (χ0n) is 11.8. The molecule has 20 heavy (non-hydrogen) atoms. The van der Waals surface area contributed by atoms with Crippen molar-refractivity contribution in [1.29, 1.82) is 0 Å². The molecule has 1 heterocycles. The summed E-state index contributed by atoms with van der Waals surface area (Å²) in [4.78, 5) is 14.0. The molecule has 1 amide bonds.